The molecule has 3 heterocycles. The van der Waals surface area contributed by atoms with Gasteiger partial charge >= 0.3 is 0 Å². The Bertz CT molecular complexity index is 652. The molecular weight excluding hydrogens is 300 g/mol. The van der Waals surface area contributed by atoms with Crippen molar-refractivity contribution >= 4 is 17.5 Å². The number of oxime groups is 1. The second kappa shape index (κ2) is 5.36. The van der Waals surface area contributed by atoms with Gasteiger partial charge in [-0.1, -0.05) is 10.3 Å². The van der Waals surface area contributed by atoms with Crippen molar-refractivity contribution in [2.45, 2.75) is 43.7 Å². The minimum atomic E-state index is -0.581. The van der Waals surface area contributed by atoms with E-state index in [0.717, 1.165) is 19.3 Å². The highest BCUT2D eigenvalue weighted by atomic mass is 16.7. The maximum absolute atomic E-state index is 12.3. The molecule has 1 atom stereocenters. The molecule has 1 aliphatic carbocycles. The predicted molar refractivity (Wildman–Crippen MR) is 78.7 cm³/mol. The number of carbonyl (C=O) groups excluding carboxylic acids is 2. The number of hydrogen-bond donors (Lipinski definition) is 1. The second-order valence-corrected chi connectivity index (χ2v) is 6.44. The highest BCUT2D eigenvalue weighted by Crippen LogP contribution is 2.34. The van der Waals surface area contributed by atoms with Crippen molar-refractivity contribution < 1.29 is 18.9 Å². The number of nitrogens with zero attached hydrogens (tertiary/aromatic N) is 3. The van der Waals surface area contributed by atoms with Gasteiger partial charge in [0, 0.05) is 31.5 Å². The fourth-order valence-electron chi connectivity index (χ4n) is 3.18. The maximum Gasteiger partial charge on any atom is 0.292 e. The molecule has 8 heteroatoms. The SMILES string of the molecule is O=C(NC1CCC1)C1=NOC2(CCN(C(=O)c3ccno3)C2)C1. The van der Waals surface area contributed by atoms with Crippen LogP contribution in [0.4, 0.5) is 0 Å². The highest BCUT2D eigenvalue weighted by Gasteiger charge is 2.48. The third kappa shape index (κ3) is 2.58. The molecule has 1 saturated heterocycles. The Morgan fingerprint density at radius 2 is 2.26 bits per heavy atom. The molecule has 1 aromatic heterocycles. The van der Waals surface area contributed by atoms with Gasteiger partial charge in [0.25, 0.3) is 11.8 Å². The van der Waals surface area contributed by atoms with Gasteiger partial charge in [0.1, 0.15) is 5.71 Å². The van der Waals surface area contributed by atoms with Crippen LogP contribution in [0, 0.1) is 0 Å². The number of nitrogens with one attached hydrogen (secondary N) is 1. The summed E-state index contributed by atoms with van der Waals surface area (Å²) in [5, 5.41) is 10.5. The fourth-order valence-corrected chi connectivity index (χ4v) is 3.18. The number of rotatable bonds is 3. The molecule has 4 rings (SSSR count). The van der Waals surface area contributed by atoms with Crippen molar-refractivity contribution in [2.24, 2.45) is 5.16 Å². The van der Waals surface area contributed by atoms with Crippen molar-refractivity contribution in [3.8, 4) is 0 Å². The number of carbonyl (C=O) groups is 2. The van der Waals surface area contributed by atoms with Gasteiger partial charge in [0.15, 0.2) is 5.60 Å². The lowest BCUT2D eigenvalue weighted by Gasteiger charge is -2.26. The smallest absolute Gasteiger partial charge is 0.292 e. The van der Waals surface area contributed by atoms with Gasteiger partial charge in [-0.25, -0.2) is 0 Å². The zero-order chi connectivity index (χ0) is 15.9. The molecule has 1 N–H and O–H groups in total. The molecule has 122 valence electrons. The number of hydrogen-bond acceptors (Lipinski definition) is 6. The zero-order valence-electron chi connectivity index (χ0n) is 12.7. The van der Waals surface area contributed by atoms with E-state index in [-0.39, 0.29) is 23.6 Å². The van der Waals surface area contributed by atoms with Crippen LogP contribution in [0.2, 0.25) is 0 Å². The summed E-state index contributed by atoms with van der Waals surface area (Å²) in [6, 6.07) is 1.81. The van der Waals surface area contributed by atoms with Crippen LogP contribution in [0.3, 0.4) is 0 Å². The third-order valence-corrected chi connectivity index (χ3v) is 4.79. The fraction of sp³-hybridized carbons (Fsp3) is 0.600. The molecular formula is C15H18N4O4. The molecule has 2 fully saturated rings. The van der Waals surface area contributed by atoms with Crippen LogP contribution in [0.25, 0.3) is 0 Å². The number of likely N-dealkylation sites (tertiary alicyclic amines) is 1. The van der Waals surface area contributed by atoms with Crippen molar-refractivity contribution in [1.29, 1.82) is 0 Å². The molecule has 0 radical (unpaired) electrons. The lowest BCUT2D eigenvalue weighted by molar-refractivity contribution is -0.116. The molecule has 23 heavy (non-hydrogen) atoms. The van der Waals surface area contributed by atoms with Crippen LogP contribution in [-0.4, -0.2) is 52.3 Å². The van der Waals surface area contributed by atoms with Crippen molar-refractivity contribution in [3.05, 3.63) is 18.0 Å². The summed E-state index contributed by atoms with van der Waals surface area (Å²) in [4.78, 5) is 31.6. The summed E-state index contributed by atoms with van der Waals surface area (Å²) in [7, 11) is 0. The Morgan fingerprint density at radius 3 is 2.96 bits per heavy atom. The summed E-state index contributed by atoms with van der Waals surface area (Å²) in [6.45, 7) is 0.947. The first-order valence-electron chi connectivity index (χ1n) is 7.91. The van der Waals surface area contributed by atoms with Crippen LogP contribution in [0.5, 0.6) is 0 Å². The van der Waals surface area contributed by atoms with E-state index in [2.05, 4.69) is 15.6 Å². The molecule has 1 spiro atoms. The lowest BCUT2D eigenvalue weighted by Crippen LogP contribution is -2.44. The van der Waals surface area contributed by atoms with Gasteiger partial charge in [0.05, 0.1) is 12.7 Å². The zero-order valence-corrected chi connectivity index (χ0v) is 12.7. The molecule has 2 amide bonds. The Hall–Kier alpha value is -2.38. The van der Waals surface area contributed by atoms with Gasteiger partial charge < -0.3 is 19.6 Å². The van der Waals surface area contributed by atoms with Crippen molar-refractivity contribution in [3.63, 3.8) is 0 Å². The summed E-state index contributed by atoms with van der Waals surface area (Å²) in [5.41, 5.74) is -0.159. The monoisotopic (exact) mass is 318 g/mol. The van der Waals surface area contributed by atoms with E-state index < -0.39 is 5.60 Å². The second-order valence-electron chi connectivity index (χ2n) is 6.44. The van der Waals surface area contributed by atoms with Crippen molar-refractivity contribution in [1.82, 2.24) is 15.4 Å². The maximum atomic E-state index is 12.3. The topological polar surface area (TPSA) is 97.0 Å². The minimum absolute atomic E-state index is 0.147. The molecule has 3 aliphatic rings. The first-order chi connectivity index (χ1) is 11.2. The molecule has 1 unspecified atom stereocenters. The first kappa shape index (κ1) is 14.2. The van der Waals surface area contributed by atoms with Crippen LogP contribution >= 0.6 is 0 Å². The van der Waals surface area contributed by atoms with Gasteiger partial charge in [-0.15, -0.1) is 0 Å². The van der Waals surface area contributed by atoms with E-state index in [0.29, 0.717) is 31.6 Å². The lowest BCUT2D eigenvalue weighted by atomic mass is 9.92. The summed E-state index contributed by atoms with van der Waals surface area (Å²) < 4.78 is 4.91. The van der Waals surface area contributed by atoms with Crippen LogP contribution < -0.4 is 5.32 Å². The van der Waals surface area contributed by atoms with Gasteiger partial charge in [-0.3, -0.25) is 9.59 Å². The van der Waals surface area contributed by atoms with E-state index in [1.165, 1.54) is 12.3 Å². The van der Waals surface area contributed by atoms with E-state index in [1.807, 2.05) is 0 Å². The Balaban J connectivity index is 1.36. The molecule has 0 bridgehead atoms. The number of amides is 2. The van der Waals surface area contributed by atoms with E-state index >= 15 is 0 Å². The van der Waals surface area contributed by atoms with E-state index in [4.69, 9.17) is 9.36 Å². The van der Waals surface area contributed by atoms with Gasteiger partial charge in [-0.05, 0) is 19.3 Å². The molecule has 8 nitrogen and oxygen atoms in total. The van der Waals surface area contributed by atoms with Gasteiger partial charge in [-0.2, -0.15) is 0 Å². The summed E-state index contributed by atoms with van der Waals surface area (Å²) in [5.74, 6) is -0.147. The molecule has 1 aromatic rings. The third-order valence-electron chi connectivity index (χ3n) is 4.79. The molecule has 1 saturated carbocycles. The quantitative estimate of drug-likeness (QED) is 0.885. The summed E-state index contributed by atoms with van der Waals surface area (Å²) in [6.07, 6.45) is 5.75. The Morgan fingerprint density at radius 1 is 1.39 bits per heavy atom. The number of aromatic nitrogens is 1. The largest absolute Gasteiger partial charge is 0.386 e. The molecule has 0 aromatic carbocycles. The average Bonchev–Trinajstić information content (AvgIpc) is 3.24. The average molecular weight is 318 g/mol. The predicted octanol–water partition coefficient (Wildman–Crippen LogP) is 0.704. The Labute approximate surface area is 132 Å². The first-order valence-corrected chi connectivity index (χ1v) is 7.91. The van der Waals surface area contributed by atoms with E-state index in [1.54, 1.807) is 4.90 Å². The van der Waals surface area contributed by atoms with Crippen LogP contribution in [0.15, 0.2) is 21.9 Å². The van der Waals surface area contributed by atoms with Crippen LogP contribution in [-0.2, 0) is 9.63 Å². The van der Waals surface area contributed by atoms with E-state index in [9.17, 15) is 9.59 Å². The normalized spacial score (nSPS) is 26.8. The van der Waals surface area contributed by atoms with Crippen molar-refractivity contribution in [2.75, 3.05) is 13.1 Å². The standard InChI is InChI=1S/C15H18N4O4/c20-13(17-10-2-1-3-10)11-8-15(23-18-11)5-7-19(9-15)14(21)12-4-6-16-22-12/h4,6,10H,1-3,5,7-9H2,(H,17,20). The minimum Gasteiger partial charge on any atom is -0.386 e. The molecule has 2 aliphatic heterocycles. The summed E-state index contributed by atoms with van der Waals surface area (Å²) >= 11 is 0. The van der Waals surface area contributed by atoms with Gasteiger partial charge in [0.2, 0.25) is 5.76 Å². The highest BCUT2D eigenvalue weighted by molar-refractivity contribution is 6.39. The Kier molecular flexibility index (Phi) is 3.32. The van der Waals surface area contributed by atoms with Crippen LogP contribution in [0.1, 0.15) is 42.7 Å².